The molecule has 1 aromatic heterocycles. The number of benzene rings is 1. The van der Waals surface area contributed by atoms with Gasteiger partial charge < -0.3 is 14.5 Å². The fraction of sp³-hybridized carbons (Fsp3) is 0.467. The van der Waals surface area contributed by atoms with Crippen molar-refractivity contribution in [3.05, 3.63) is 36.1 Å². The lowest BCUT2D eigenvalue weighted by Gasteiger charge is -2.27. The molecule has 1 aromatic carbocycles. The van der Waals surface area contributed by atoms with Crippen molar-refractivity contribution in [3.8, 4) is 0 Å². The van der Waals surface area contributed by atoms with Crippen molar-refractivity contribution in [1.82, 2.24) is 10.2 Å². The lowest BCUT2D eigenvalue weighted by atomic mass is 10.1. The quantitative estimate of drug-likeness (QED) is 0.910. The van der Waals surface area contributed by atoms with E-state index in [2.05, 4.69) is 29.4 Å². The van der Waals surface area contributed by atoms with Crippen molar-refractivity contribution in [2.24, 2.45) is 0 Å². The van der Waals surface area contributed by atoms with Crippen molar-refractivity contribution >= 4 is 11.0 Å². The number of fused-ring (bicyclic) bond motifs is 1. The van der Waals surface area contributed by atoms with E-state index in [-0.39, 0.29) is 6.10 Å². The van der Waals surface area contributed by atoms with Gasteiger partial charge in [0.25, 0.3) is 0 Å². The zero-order chi connectivity index (χ0) is 13.1. The van der Waals surface area contributed by atoms with Gasteiger partial charge in [0.1, 0.15) is 5.58 Å². The fourth-order valence-electron chi connectivity index (χ4n) is 2.60. The summed E-state index contributed by atoms with van der Waals surface area (Å²) in [5.41, 5.74) is 2.20. The normalized spacial score (nSPS) is 20.2. The molecule has 0 spiro atoms. The summed E-state index contributed by atoms with van der Waals surface area (Å²) in [4.78, 5) is 2.29. The maximum atomic E-state index is 5.73. The molecule has 1 aliphatic heterocycles. The molecule has 19 heavy (non-hydrogen) atoms. The summed E-state index contributed by atoms with van der Waals surface area (Å²) in [6.45, 7) is 4.54. The van der Waals surface area contributed by atoms with Gasteiger partial charge in [-0.15, -0.1) is 0 Å². The van der Waals surface area contributed by atoms with Crippen LogP contribution >= 0.6 is 0 Å². The van der Waals surface area contributed by atoms with E-state index in [0.29, 0.717) is 0 Å². The lowest BCUT2D eigenvalue weighted by Crippen LogP contribution is -2.44. The molecule has 0 saturated carbocycles. The molecular formula is C15H20N2O2. The molecule has 1 unspecified atom stereocenters. The summed E-state index contributed by atoms with van der Waals surface area (Å²) in [5, 5.41) is 4.56. The van der Waals surface area contributed by atoms with E-state index in [9.17, 15) is 0 Å². The molecule has 3 rings (SSSR count). The fourth-order valence-corrected chi connectivity index (χ4v) is 2.60. The Morgan fingerprint density at radius 1 is 1.37 bits per heavy atom. The Bertz CT molecular complexity index is 532. The highest BCUT2D eigenvalue weighted by Crippen LogP contribution is 2.21. The second-order valence-electron chi connectivity index (χ2n) is 5.15. The first-order valence-electron chi connectivity index (χ1n) is 6.79. The molecule has 1 saturated heterocycles. The third-order valence-electron chi connectivity index (χ3n) is 3.52. The topological polar surface area (TPSA) is 37.6 Å². The van der Waals surface area contributed by atoms with Crippen LogP contribution in [-0.2, 0) is 11.3 Å². The number of hydrogen-bond donors (Lipinski definition) is 1. The van der Waals surface area contributed by atoms with Gasteiger partial charge in [-0.25, -0.2) is 0 Å². The van der Waals surface area contributed by atoms with Crippen LogP contribution in [0.25, 0.3) is 11.0 Å². The molecule has 2 aromatic rings. The van der Waals surface area contributed by atoms with Crippen LogP contribution in [0.5, 0.6) is 0 Å². The molecular weight excluding hydrogens is 240 g/mol. The molecule has 0 amide bonds. The zero-order valence-corrected chi connectivity index (χ0v) is 11.3. The van der Waals surface area contributed by atoms with Gasteiger partial charge in [-0.1, -0.05) is 18.2 Å². The van der Waals surface area contributed by atoms with Gasteiger partial charge in [0.05, 0.1) is 19.0 Å². The molecule has 102 valence electrons. The molecule has 0 aliphatic carbocycles. The molecule has 4 heteroatoms. The van der Waals surface area contributed by atoms with Gasteiger partial charge in [-0.05, 0) is 13.1 Å². The highest BCUT2D eigenvalue weighted by Gasteiger charge is 2.16. The average Bonchev–Trinajstić information content (AvgIpc) is 2.83. The standard InChI is InChI=1S/C15H20N2O2/c1-17(10-13-8-16-6-7-18-13)9-12-11-19-15-5-3-2-4-14(12)15/h2-5,11,13,16H,6-10H2,1H3. The van der Waals surface area contributed by atoms with E-state index in [0.717, 1.165) is 38.4 Å². The van der Waals surface area contributed by atoms with Gasteiger partial charge in [-0.3, -0.25) is 4.90 Å². The van der Waals surface area contributed by atoms with E-state index in [4.69, 9.17) is 9.15 Å². The first-order chi connectivity index (χ1) is 9.33. The summed E-state index contributed by atoms with van der Waals surface area (Å²) in [6.07, 6.45) is 2.15. The number of morpholine rings is 1. The Morgan fingerprint density at radius 3 is 3.11 bits per heavy atom. The number of para-hydroxylation sites is 1. The number of nitrogens with zero attached hydrogens (tertiary/aromatic N) is 1. The minimum absolute atomic E-state index is 0.289. The van der Waals surface area contributed by atoms with Crippen LogP contribution in [0.3, 0.4) is 0 Å². The first kappa shape index (κ1) is 12.7. The molecule has 1 aliphatic rings. The van der Waals surface area contributed by atoms with Crippen molar-refractivity contribution in [1.29, 1.82) is 0 Å². The Kier molecular flexibility index (Phi) is 3.82. The minimum Gasteiger partial charge on any atom is -0.464 e. The third-order valence-corrected chi connectivity index (χ3v) is 3.52. The van der Waals surface area contributed by atoms with Crippen molar-refractivity contribution in [2.75, 3.05) is 33.3 Å². The highest BCUT2D eigenvalue weighted by atomic mass is 16.5. The molecule has 0 bridgehead atoms. The zero-order valence-electron chi connectivity index (χ0n) is 11.3. The largest absolute Gasteiger partial charge is 0.464 e. The van der Waals surface area contributed by atoms with Gasteiger partial charge in [0.15, 0.2) is 0 Å². The van der Waals surface area contributed by atoms with Crippen LogP contribution in [0.2, 0.25) is 0 Å². The molecule has 1 atom stereocenters. The van der Waals surface area contributed by atoms with E-state index >= 15 is 0 Å². The molecule has 1 fully saturated rings. The van der Waals surface area contributed by atoms with E-state index in [1.165, 1.54) is 10.9 Å². The van der Waals surface area contributed by atoms with E-state index < -0.39 is 0 Å². The van der Waals surface area contributed by atoms with Crippen LogP contribution in [-0.4, -0.2) is 44.3 Å². The first-order valence-corrected chi connectivity index (χ1v) is 6.79. The summed E-state index contributed by atoms with van der Waals surface area (Å²) in [7, 11) is 2.12. The maximum absolute atomic E-state index is 5.73. The number of rotatable bonds is 4. The van der Waals surface area contributed by atoms with Crippen LogP contribution < -0.4 is 5.32 Å². The molecule has 4 nitrogen and oxygen atoms in total. The van der Waals surface area contributed by atoms with Crippen molar-refractivity contribution < 1.29 is 9.15 Å². The van der Waals surface area contributed by atoms with E-state index in [1.807, 2.05) is 18.4 Å². The van der Waals surface area contributed by atoms with Gasteiger partial charge in [0, 0.05) is 37.1 Å². The van der Waals surface area contributed by atoms with Crippen LogP contribution in [0.1, 0.15) is 5.56 Å². The number of nitrogens with one attached hydrogen (secondary N) is 1. The molecule has 2 heterocycles. The minimum atomic E-state index is 0.289. The Balaban J connectivity index is 1.63. The van der Waals surface area contributed by atoms with Crippen LogP contribution in [0.15, 0.2) is 34.9 Å². The molecule has 1 N–H and O–H groups in total. The predicted molar refractivity (Wildman–Crippen MR) is 75.2 cm³/mol. The number of likely N-dealkylation sites (N-methyl/N-ethyl adjacent to an activating group) is 1. The average molecular weight is 260 g/mol. The van der Waals surface area contributed by atoms with Gasteiger partial charge >= 0.3 is 0 Å². The summed E-state index contributed by atoms with van der Waals surface area (Å²) >= 11 is 0. The van der Waals surface area contributed by atoms with E-state index in [1.54, 1.807) is 0 Å². The van der Waals surface area contributed by atoms with Crippen molar-refractivity contribution in [2.45, 2.75) is 12.6 Å². The second-order valence-corrected chi connectivity index (χ2v) is 5.15. The number of ether oxygens (including phenoxy) is 1. The summed E-state index contributed by atoms with van der Waals surface area (Å²) < 4.78 is 11.3. The van der Waals surface area contributed by atoms with Crippen LogP contribution in [0.4, 0.5) is 0 Å². The van der Waals surface area contributed by atoms with Gasteiger partial charge in [-0.2, -0.15) is 0 Å². The number of furan rings is 1. The summed E-state index contributed by atoms with van der Waals surface area (Å²) in [6, 6.07) is 8.17. The van der Waals surface area contributed by atoms with Gasteiger partial charge in [0.2, 0.25) is 0 Å². The van der Waals surface area contributed by atoms with Crippen molar-refractivity contribution in [3.63, 3.8) is 0 Å². The number of hydrogen-bond acceptors (Lipinski definition) is 4. The SMILES string of the molecule is CN(Cc1coc2ccccc12)CC1CNCCO1. The second kappa shape index (κ2) is 5.74. The third kappa shape index (κ3) is 2.97. The Hall–Kier alpha value is -1.36. The lowest BCUT2D eigenvalue weighted by molar-refractivity contribution is 0.00887. The monoisotopic (exact) mass is 260 g/mol. The Labute approximate surface area is 113 Å². The van der Waals surface area contributed by atoms with Crippen LogP contribution in [0, 0.1) is 0 Å². The molecule has 0 radical (unpaired) electrons. The predicted octanol–water partition coefficient (Wildman–Crippen LogP) is 1.85. The highest BCUT2D eigenvalue weighted by molar-refractivity contribution is 5.80. The smallest absolute Gasteiger partial charge is 0.134 e. The maximum Gasteiger partial charge on any atom is 0.134 e. The Morgan fingerprint density at radius 2 is 2.26 bits per heavy atom. The summed E-state index contributed by atoms with van der Waals surface area (Å²) in [5.74, 6) is 0.